The number of nitrogens with one attached hydrogen (secondary N) is 3. The summed E-state index contributed by atoms with van der Waals surface area (Å²) in [7, 11) is 0. The van der Waals surface area contributed by atoms with Gasteiger partial charge in [-0.1, -0.05) is 32.0 Å². The van der Waals surface area contributed by atoms with Crippen molar-refractivity contribution in [1.29, 1.82) is 10.8 Å². The summed E-state index contributed by atoms with van der Waals surface area (Å²) < 4.78 is 46.3. The van der Waals surface area contributed by atoms with Crippen LogP contribution in [0.15, 0.2) is 54.6 Å². The van der Waals surface area contributed by atoms with Crippen molar-refractivity contribution < 1.29 is 27.5 Å². The number of nitrogens with zero attached hydrogens (tertiary/aromatic N) is 1. The van der Waals surface area contributed by atoms with Crippen LogP contribution in [0.25, 0.3) is 10.4 Å². The van der Waals surface area contributed by atoms with E-state index in [1.807, 2.05) is 13.8 Å². The van der Waals surface area contributed by atoms with E-state index in [-0.39, 0.29) is 51.2 Å². The number of hydrogen-bond donors (Lipinski definition) is 4. The van der Waals surface area contributed by atoms with E-state index in [0.717, 1.165) is 41.9 Å². The molecule has 8 nitrogen and oxygen atoms in total. The van der Waals surface area contributed by atoms with Crippen molar-refractivity contribution in [1.82, 2.24) is 10.3 Å². The molecule has 0 aliphatic heterocycles. The highest BCUT2D eigenvalue weighted by Crippen LogP contribution is 2.51. The molecule has 0 radical (unpaired) electrons. The predicted octanol–water partition coefficient (Wildman–Crippen LogP) is 7.07. The van der Waals surface area contributed by atoms with Gasteiger partial charge in [-0.05, 0) is 72.7 Å². The van der Waals surface area contributed by atoms with Gasteiger partial charge in [0, 0.05) is 35.7 Å². The van der Waals surface area contributed by atoms with E-state index in [4.69, 9.17) is 26.3 Å². The molecule has 4 aromatic rings. The highest BCUT2D eigenvalue weighted by molar-refractivity contribution is 7.17. The van der Waals surface area contributed by atoms with E-state index in [2.05, 4.69) is 5.32 Å². The molecule has 2 amide bonds. The van der Waals surface area contributed by atoms with Gasteiger partial charge in [0.2, 0.25) is 5.90 Å². The Morgan fingerprint density at radius 3 is 2.30 bits per heavy atom. The van der Waals surface area contributed by atoms with Crippen LogP contribution in [0.4, 0.5) is 13.2 Å². The molecule has 2 heterocycles. The van der Waals surface area contributed by atoms with Gasteiger partial charge in [0.1, 0.15) is 5.82 Å². The number of rotatable bonds is 11. The van der Waals surface area contributed by atoms with Crippen molar-refractivity contribution >= 4 is 34.9 Å². The predicted molar refractivity (Wildman–Crippen MR) is 174 cm³/mol. The van der Waals surface area contributed by atoms with Crippen LogP contribution in [0, 0.1) is 34.2 Å². The summed E-state index contributed by atoms with van der Waals surface area (Å²) in [5.74, 6) is -4.19. The third-order valence-electron chi connectivity index (χ3n) is 8.01. The smallest absolute Gasteiger partial charge is 0.261 e. The zero-order valence-corrected chi connectivity index (χ0v) is 26.9. The summed E-state index contributed by atoms with van der Waals surface area (Å²) in [6.07, 6.45) is 2.34. The fourth-order valence-electron chi connectivity index (χ4n) is 5.67. The zero-order valence-electron chi connectivity index (χ0n) is 26.1. The summed E-state index contributed by atoms with van der Waals surface area (Å²) in [5.41, 5.74) is 8.36. The van der Waals surface area contributed by atoms with Crippen LogP contribution in [0.1, 0.15) is 81.7 Å². The van der Waals surface area contributed by atoms with Crippen LogP contribution in [-0.2, 0) is 29.5 Å². The maximum Gasteiger partial charge on any atom is 0.261 e. The van der Waals surface area contributed by atoms with Crippen molar-refractivity contribution in [2.45, 2.75) is 58.4 Å². The first-order chi connectivity index (χ1) is 22.3. The first kappa shape index (κ1) is 33.5. The number of benzene rings is 2. The van der Waals surface area contributed by atoms with Crippen LogP contribution >= 0.6 is 11.3 Å². The van der Waals surface area contributed by atoms with Gasteiger partial charge in [-0.15, -0.1) is 11.3 Å². The number of aromatic nitrogens is 1. The van der Waals surface area contributed by atoms with Crippen LogP contribution in [0.3, 0.4) is 0 Å². The Hall–Kier alpha value is -4.84. The van der Waals surface area contributed by atoms with Gasteiger partial charge in [0.25, 0.3) is 11.8 Å². The minimum atomic E-state index is -1.02. The maximum atomic E-state index is 13.8. The monoisotopic (exact) mass is 661 g/mol. The molecule has 12 heteroatoms. The lowest BCUT2D eigenvalue weighted by Crippen LogP contribution is -2.25. The molecule has 0 spiro atoms. The highest BCUT2D eigenvalue weighted by atomic mass is 32.1. The van der Waals surface area contributed by atoms with Crippen molar-refractivity contribution in [3.63, 3.8) is 0 Å². The molecular formula is C35H34F3N5O3S. The van der Waals surface area contributed by atoms with E-state index in [1.165, 1.54) is 25.1 Å². The summed E-state index contributed by atoms with van der Waals surface area (Å²) >= 11 is 1.06. The molecule has 0 unspecified atom stereocenters. The van der Waals surface area contributed by atoms with Gasteiger partial charge in [0.15, 0.2) is 17.5 Å². The lowest BCUT2D eigenvalue weighted by molar-refractivity contribution is 0.0953. The molecule has 1 fully saturated rings. The third kappa shape index (κ3) is 7.43. The Kier molecular flexibility index (Phi) is 9.62. The van der Waals surface area contributed by atoms with Crippen LogP contribution in [0.5, 0.6) is 0 Å². The van der Waals surface area contributed by atoms with E-state index < -0.39 is 29.3 Å². The Balaban J connectivity index is 1.63. The third-order valence-corrected chi connectivity index (χ3v) is 9.11. The van der Waals surface area contributed by atoms with Gasteiger partial charge in [-0.25, -0.2) is 13.2 Å². The second kappa shape index (κ2) is 13.5. The first-order valence-electron chi connectivity index (χ1n) is 15.0. The second-order valence-electron chi connectivity index (χ2n) is 12.1. The quantitative estimate of drug-likeness (QED) is 0.101. The first-order valence-corrected chi connectivity index (χ1v) is 15.9. The number of halogens is 3. The van der Waals surface area contributed by atoms with Crippen molar-refractivity contribution in [3.05, 3.63) is 111 Å². The van der Waals surface area contributed by atoms with Gasteiger partial charge in [-0.2, -0.15) is 0 Å². The molecule has 5 N–H and O–H groups in total. The topological polar surface area (TPSA) is 142 Å². The minimum Gasteiger partial charge on any atom is -0.425 e. The molecule has 2 aromatic heterocycles. The Labute approximate surface area is 274 Å². The highest BCUT2D eigenvalue weighted by Gasteiger charge is 2.46. The number of amides is 2. The second-order valence-corrected chi connectivity index (χ2v) is 13.2. The SMILES string of the molecule is CC(=N)OC(=N)c1c(CC2(c3ccc(F)cc3)CC2)nc(CC(C)C)c(C(N)=O)c1-c1ccc(C(=O)NCc2ccc(F)c(F)c2)s1. The molecular weight excluding hydrogens is 627 g/mol. The number of primary amides is 1. The number of carbonyl (C=O) groups excluding carboxylic acids is 2. The molecule has 1 aliphatic carbocycles. The summed E-state index contributed by atoms with van der Waals surface area (Å²) in [6, 6.07) is 12.9. The summed E-state index contributed by atoms with van der Waals surface area (Å²) in [6.45, 7) is 5.28. The number of carbonyl (C=O) groups is 2. The molecule has 5 rings (SSSR count). The average molecular weight is 662 g/mol. The molecule has 244 valence electrons. The fourth-order valence-corrected chi connectivity index (χ4v) is 6.65. The van der Waals surface area contributed by atoms with Crippen LogP contribution < -0.4 is 11.1 Å². The number of thiophene rings is 1. The van der Waals surface area contributed by atoms with Gasteiger partial charge in [-0.3, -0.25) is 25.4 Å². The van der Waals surface area contributed by atoms with Gasteiger partial charge in [0.05, 0.1) is 27.4 Å². The number of hydrogen-bond acceptors (Lipinski definition) is 7. The molecule has 1 aliphatic rings. The average Bonchev–Trinajstić information content (AvgIpc) is 3.60. The minimum absolute atomic E-state index is 0.0540. The molecule has 0 atom stereocenters. The standard InChI is InChI=1S/C35H34F3N5O3S/c1-18(2)14-25-29(32(40)44)31(27-10-11-28(47-27)34(45)42-17-20-4-9-23(37)24(38)15-20)30(33(41)46-19(3)39)26(43-25)16-35(12-13-35)21-5-7-22(36)8-6-21/h4-11,15,18,39,41H,12-14,16-17H2,1-3H3,(H2,40,44)(H,42,45). The largest absolute Gasteiger partial charge is 0.425 e. The Morgan fingerprint density at radius 2 is 1.70 bits per heavy atom. The van der Waals surface area contributed by atoms with E-state index in [1.54, 1.807) is 24.3 Å². The van der Waals surface area contributed by atoms with Crippen molar-refractivity contribution in [2.75, 3.05) is 0 Å². The molecule has 1 saturated carbocycles. The normalized spacial score (nSPS) is 13.3. The molecule has 2 aromatic carbocycles. The Bertz CT molecular complexity index is 1880. The molecule has 47 heavy (non-hydrogen) atoms. The van der Waals surface area contributed by atoms with Crippen LogP contribution in [-0.4, -0.2) is 28.6 Å². The zero-order chi connectivity index (χ0) is 34.0. The number of ether oxygens (including phenoxy) is 1. The lowest BCUT2D eigenvalue weighted by atomic mass is 9.86. The number of nitrogens with two attached hydrogens (primary N) is 1. The molecule has 0 saturated heterocycles. The lowest BCUT2D eigenvalue weighted by Gasteiger charge is -2.23. The van der Waals surface area contributed by atoms with Crippen LogP contribution in [0.2, 0.25) is 0 Å². The number of pyridine rings is 1. The van der Waals surface area contributed by atoms with Gasteiger partial charge >= 0.3 is 0 Å². The fraction of sp³-hybridized carbons (Fsp3) is 0.286. The Morgan fingerprint density at radius 1 is 1.00 bits per heavy atom. The van der Waals surface area contributed by atoms with Crippen molar-refractivity contribution in [2.24, 2.45) is 11.7 Å². The van der Waals surface area contributed by atoms with Crippen molar-refractivity contribution in [3.8, 4) is 10.4 Å². The summed E-state index contributed by atoms with van der Waals surface area (Å²) in [5, 5.41) is 19.6. The van der Waals surface area contributed by atoms with Gasteiger partial charge < -0.3 is 15.8 Å². The maximum absolute atomic E-state index is 13.8. The molecule has 0 bridgehead atoms. The van der Waals surface area contributed by atoms with E-state index >= 15 is 0 Å². The summed E-state index contributed by atoms with van der Waals surface area (Å²) in [4.78, 5) is 32.0. The van der Waals surface area contributed by atoms with E-state index in [0.29, 0.717) is 34.7 Å². The van der Waals surface area contributed by atoms with E-state index in [9.17, 15) is 22.8 Å².